The summed E-state index contributed by atoms with van der Waals surface area (Å²) in [6.07, 6.45) is 0.777. The molecule has 1 N–H and O–H groups in total. The van der Waals surface area contributed by atoms with Crippen molar-refractivity contribution in [1.29, 1.82) is 0 Å². The summed E-state index contributed by atoms with van der Waals surface area (Å²) < 4.78 is 26.6. The lowest BCUT2D eigenvalue weighted by atomic mass is 10.1. The van der Waals surface area contributed by atoms with E-state index in [4.69, 9.17) is 0 Å². The Bertz CT molecular complexity index is 292. The van der Waals surface area contributed by atoms with E-state index in [1.165, 1.54) is 16.9 Å². The van der Waals surface area contributed by atoms with Crippen LogP contribution in [0.2, 0.25) is 0 Å². The van der Waals surface area contributed by atoms with Crippen molar-refractivity contribution in [2.75, 3.05) is 13.1 Å². The van der Waals surface area contributed by atoms with E-state index in [9.17, 15) is 8.78 Å². The summed E-state index contributed by atoms with van der Waals surface area (Å²) in [5, 5.41) is 7.17. The Balaban J connectivity index is 2.17. The minimum Gasteiger partial charge on any atom is -0.317 e. The van der Waals surface area contributed by atoms with Crippen LogP contribution < -0.4 is 5.32 Å². The first-order chi connectivity index (χ1) is 6.79. The van der Waals surface area contributed by atoms with Gasteiger partial charge in [0.05, 0.1) is 6.04 Å². The molecule has 1 aliphatic rings. The van der Waals surface area contributed by atoms with Gasteiger partial charge in [-0.05, 0) is 32.0 Å². The molecule has 1 saturated heterocycles. The maximum absolute atomic E-state index is 12.5. The van der Waals surface area contributed by atoms with Gasteiger partial charge < -0.3 is 5.32 Å². The van der Waals surface area contributed by atoms with Gasteiger partial charge in [0, 0.05) is 6.20 Å². The lowest BCUT2D eigenvalue weighted by Gasteiger charge is -2.24. The summed E-state index contributed by atoms with van der Waals surface area (Å²) in [7, 11) is 0. The van der Waals surface area contributed by atoms with Crippen LogP contribution in [0.3, 0.4) is 0 Å². The smallest absolute Gasteiger partial charge is 0.280 e. The van der Waals surface area contributed by atoms with Gasteiger partial charge in [-0.3, -0.25) is 4.68 Å². The third-order valence-corrected chi connectivity index (χ3v) is 2.58. The van der Waals surface area contributed by atoms with E-state index in [0.717, 1.165) is 25.9 Å². The van der Waals surface area contributed by atoms with Gasteiger partial charge in [-0.2, -0.15) is 5.10 Å². The van der Waals surface area contributed by atoms with Gasteiger partial charge in [0.1, 0.15) is 5.69 Å². The van der Waals surface area contributed by atoms with Crippen molar-refractivity contribution < 1.29 is 8.78 Å². The molecule has 3 nitrogen and oxygen atoms in total. The molecule has 78 valence electrons. The minimum atomic E-state index is -2.42. The molecule has 0 amide bonds. The predicted octanol–water partition coefficient (Wildman–Crippen LogP) is 1.75. The van der Waals surface area contributed by atoms with Crippen LogP contribution in [0.4, 0.5) is 8.78 Å². The molecule has 1 aromatic heterocycles. The maximum Gasteiger partial charge on any atom is 0.280 e. The number of piperidine rings is 1. The van der Waals surface area contributed by atoms with Crippen LogP contribution in [-0.4, -0.2) is 22.9 Å². The highest BCUT2D eigenvalue weighted by molar-refractivity contribution is 5.03. The number of hydrogen-bond acceptors (Lipinski definition) is 2. The summed E-state index contributed by atoms with van der Waals surface area (Å²) in [6.45, 7) is 1.76. The molecule has 5 heteroatoms. The van der Waals surface area contributed by atoms with Crippen LogP contribution in [0.5, 0.6) is 0 Å². The Labute approximate surface area is 81.1 Å². The fourth-order valence-electron chi connectivity index (χ4n) is 1.85. The topological polar surface area (TPSA) is 29.9 Å². The largest absolute Gasteiger partial charge is 0.317 e. The molecule has 0 aliphatic carbocycles. The molecule has 2 rings (SSSR count). The highest BCUT2D eigenvalue weighted by Gasteiger charge is 2.21. The van der Waals surface area contributed by atoms with Gasteiger partial charge in [0.15, 0.2) is 0 Å². The molecule has 0 radical (unpaired) electrons. The fourth-order valence-corrected chi connectivity index (χ4v) is 1.85. The highest BCUT2D eigenvalue weighted by Crippen LogP contribution is 2.25. The summed E-state index contributed by atoms with van der Waals surface area (Å²) in [6, 6.07) is 1.53. The highest BCUT2D eigenvalue weighted by atomic mass is 19.3. The number of alkyl halides is 2. The van der Waals surface area contributed by atoms with Gasteiger partial charge in [-0.1, -0.05) is 0 Å². The zero-order chi connectivity index (χ0) is 9.97. The van der Waals surface area contributed by atoms with E-state index in [-0.39, 0.29) is 11.7 Å². The molecule has 0 spiro atoms. The molecule has 1 aliphatic heterocycles. The lowest BCUT2D eigenvalue weighted by Crippen LogP contribution is -2.30. The molecule has 0 saturated carbocycles. The Morgan fingerprint density at radius 2 is 2.14 bits per heavy atom. The van der Waals surface area contributed by atoms with Gasteiger partial charge in [0.2, 0.25) is 0 Å². The predicted molar refractivity (Wildman–Crippen MR) is 48.3 cm³/mol. The molecule has 14 heavy (non-hydrogen) atoms. The van der Waals surface area contributed by atoms with Crippen molar-refractivity contribution in [2.24, 2.45) is 0 Å². The number of halogens is 2. The van der Waals surface area contributed by atoms with Crippen LogP contribution in [0, 0.1) is 0 Å². The molecular weight excluding hydrogens is 188 g/mol. The molecule has 0 aromatic carbocycles. The molecule has 1 fully saturated rings. The van der Waals surface area contributed by atoms with Gasteiger partial charge in [0.25, 0.3) is 6.43 Å². The van der Waals surface area contributed by atoms with Crippen molar-refractivity contribution in [2.45, 2.75) is 25.3 Å². The average molecular weight is 201 g/mol. The Morgan fingerprint density at radius 3 is 2.79 bits per heavy atom. The molecule has 2 heterocycles. The van der Waals surface area contributed by atoms with Gasteiger partial charge >= 0.3 is 0 Å². The summed E-state index contributed by atoms with van der Waals surface area (Å²) in [5.74, 6) is 0. The van der Waals surface area contributed by atoms with E-state index in [2.05, 4.69) is 10.4 Å². The van der Waals surface area contributed by atoms with E-state index in [1.807, 2.05) is 0 Å². The number of nitrogens with one attached hydrogen (secondary N) is 1. The van der Waals surface area contributed by atoms with Crippen molar-refractivity contribution in [1.82, 2.24) is 15.1 Å². The second kappa shape index (κ2) is 4.04. The number of aromatic nitrogens is 2. The maximum atomic E-state index is 12.5. The number of rotatable bonds is 2. The summed E-state index contributed by atoms with van der Waals surface area (Å²) >= 11 is 0. The first-order valence-corrected chi connectivity index (χ1v) is 4.81. The zero-order valence-corrected chi connectivity index (χ0v) is 7.79. The quantitative estimate of drug-likeness (QED) is 0.790. The molecule has 0 bridgehead atoms. The van der Waals surface area contributed by atoms with Crippen molar-refractivity contribution in [3.8, 4) is 0 Å². The van der Waals surface area contributed by atoms with Gasteiger partial charge in [-0.15, -0.1) is 0 Å². The molecule has 0 unspecified atom stereocenters. The first-order valence-electron chi connectivity index (χ1n) is 4.81. The minimum absolute atomic E-state index is 0.0388. The molecule has 0 atom stereocenters. The van der Waals surface area contributed by atoms with E-state index >= 15 is 0 Å². The summed E-state index contributed by atoms with van der Waals surface area (Å²) in [5.41, 5.74) is 0.0388. The average Bonchev–Trinajstić information content (AvgIpc) is 2.67. The van der Waals surface area contributed by atoms with Crippen LogP contribution in [-0.2, 0) is 0 Å². The van der Waals surface area contributed by atoms with Crippen LogP contribution in [0.1, 0.15) is 31.0 Å². The van der Waals surface area contributed by atoms with E-state index in [1.54, 1.807) is 0 Å². The van der Waals surface area contributed by atoms with Gasteiger partial charge in [-0.25, -0.2) is 8.78 Å². The molecule has 1 aromatic rings. The van der Waals surface area contributed by atoms with E-state index in [0.29, 0.717) is 0 Å². The summed E-state index contributed by atoms with van der Waals surface area (Å²) in [4.78, 5) is 0. The fraction of sp³-hybridized carbons (Fsp3) is 0.667. The normalized spacial score (nSPS) is 19.1. The Hall–Kier alpha value is -0.970. The van der Waals surface area contributed by atoms with Crippen LogP contribution in [0.15, 0.2) is 12.3 Å². The molecular formula is C9H13F2N3. The second-order valence-corrected chi connectivity index (χ2v) is 3.48. The van der Waals surface area contributed by atoms with E-state index < -0.39 is 6.43 Å². The van der Waals surface area contributed by atoms with Crippen molar-refractivity contribution >= 4 is 0 Å². The monoisotopic (exact) mass is 201 g/mol. The second-order valence-electron chi connectivity index (χ2n) is 3.48. The van der Waals surface area contributed by atoms with Crippen LogP contribution in [0.25, 0.3) is 0 Å². The van der Waals surface area contributed by atoms with Crippen LogP contribution >= 0.6 is 0 Å². The zero-order valence-electron chi connectivity index (χ0n) is 7.79. The third kappa shape index (κ3) is 1.77. The lowest BCUT2D eigenvalue weighted by molar-refractivity contribution is 0.133. The van der Waals surface area contributed by atoms with Crippen molar-refractivity contribution in [3.05, 3.63) is 18.0 Å². The third-order valence-electron chi connectivity index (χ3n) is 2.58. The SMILES string of the molecule is FC(F)c1ccnn1C1CCNCC1. The van der Waals surface area contributed by atoms with Crippen molar-refractivity contribution in [3.63, 3.8) is 0 Å². The number of hydrogen-bond donors (Lipinski definition) is 1. The standard InChI is InChI=1S/C9H13F2N3/c10-9(11)8-3-6-13-14(8)7-1-4-12-5-2-7/h3,6-7,9,12H,1-2,4-5H2. The Morgan fingerprint density at radius 1 is 1.43 bits per heavy atom. The number of nitrogens with zero attached hydrogens (tertiary/aromatic N) is 2. The first kappa shape index (κ1) is 9.58. The Kier molecular flexibility index (Phi) is 2.77.